The van der Waals surface area contributed by atoms with E-state index in [4.69, 9.17) is 15.2 Å². The van der Waals surface area contributed by atoms with Crippen LogP contribution in [0.3, 0.4) is 0 Å². The van der Waals surface area contributed by atoms with Crippen LogP contribution in [0.4, 0.5) is 0 Å². The van der Waals surface area contributed by atoms with E-state index in [0.29, 0.717) is 41.3 Å². The van der Waals surface area contributed by atoms with Crippen molar-refractivity contribution in [3.05, 3.63) is 82.3 Å². The van der Waals surface area contributed by atoms with Crippen molar-refractivity contribution >= 4 is 5.78 Å². The van der Waals surface area contributed by atoms with Crippen LogP contribution in [0.1, 0.15) is 35.8 Å². The minimum Gasteiger partial charge on any atom is -0.497 e. The van der Waals surface area contributed by atoms with Crippen LogP contribution in [-0.2, 0) is 4.79 Å². The molecule has 1 aliphatic heterocycles. The topological polar surface area (TPSA) is 91.8 Å². The third-order valence-electron chi connectivity index (χ3n) is 6.36. The summed E-state index contributed by atoms with van der Waals surface area (Å²) >= 11 is 0. The zero-order chi connectivity index (χ0) is 23.7. The summed E-state index contributed by atoms with van der Waals surface area (Å²) in [5, 5.41) is 13.8. The van der Waals surface area contributed by atoms with Gasteiger partial charge in [-0.05, 0) is 24.0 Å². The zero-order valence-corrected chi connectivity index (χ0v) is 19.3. The van der Waals surface area contributed by atoms with Crippen molar-refractivity contribution in [2.45, 2.75) is 24.7 Å². The Morgan fingerprint density at radius 3 is 2.42 bits per heavy atom. The molecule has 2 N–H and O–H groups in total. The molecule has 0 unspecified atom stereocenters. The van der Waals surface area contributed by atoms with Gasteiger partial charge in [-0.3, -0.25) is 9.80 Å². The summed E-state index contributed by atoms with van der Waals surface area (Å²) in [7, 11) is 6.86. The maximum absolute atomic E-state index is 13.7. The van der Waals surface area contributed by atoms with E-state index < -0.39 is 5.92 Å². The van der Waals surface area contributed by atoms with Gasteiger partial charge in [-0.15, -0.1) is 0 Å². The number of carbonyl (C=O) groups excluding carboxylic acids is 1. The average Bonchev–Trinajstić information content (AvgIpc) is 2.83. The lowest BCUT2D eigenvalue weighted by Gasteiger charge is -2.44. The van der Waals surface area contributed by atoms with Gasteiger partial charge in [0.05, 0.1) is 31.8 Å². The van der Waals surface area contributed by atoms with Crippen LogP contribution in [0, 0.1) is 11.3 Å². The first-order valence-electron chi connectivity index (χ1n) is 10.8. The van der Waals surface area contributed by atoms with Crippen LogP contribution >= 0.6 is 0 Å². The van der Waals surface area contributed by atoms with Gasteiger partial charge in [0.1, 0.15) is 17.3 Å². The first kappa shape index (κ1) is 22.4. The monoisotopic (exact) mass is 444 g/mol. The summed E-state index contributed by atoms with van der Waals surface area (Å²) in [4.78, 5) is 13.7. The Bertz CT molecular complexity index is 1180. The number of allylic oxidation sites excluding steroid dienone is 3. The first-order chi connectivity index (χ1) is 15.9. The fourth-order valence-corrected chi connectivity index (χ4v) is 4.90. The average molecular weight is 445 g/mol. The SMILES string of the molecule is COc1ccc([C@@H]2C(C#N)=C(N)N(N(C)C)C3=C2C(=O)C[C@@H](c2ccccc2)C3)c(OC)c1. The number of nitrogens with zero attached hydrogens (tertiary/aromatic N) is 3. The van der Waals surface area contributed by atoms with Gasteiger partial charge in [-0.2, -0.15) is 5.26 Å². The zero-order valence-electron chi connectivity index (χ0n) is 19.3. The van der Waals surface area contributed by atoms with E-state index >= 15 is 0 Å². The Balaban J connectivity index is 1.92. The van der Waals surface area contributed by atoms with Gasteiger partial charge < -0.3 is 15.2 Å². The molecule has 7 nitrogen and oxygen atoms in total. The van der Waals surface area contributed by atoms with Crippen molar-refractivity contribution in [3.63, 3.8) is 0 Å². The molecule has 1 aliphatic carbocycles. The number of carbonyl (C=O) groups is 1. The van der Waals surface area contributed by atoms with Gasteiger partial charge in [0.15, 0.2) is 5.78 Å². The molecule has 2 atom stereocenters. The van der Waals surface area contributed by atoms with Crippen molar-refractivity contribution in [2.75, 3.05) is 28.3 Å². The molecular formula is C26H28N4O3. The van der Waals surface area contributed by atoms with Crippen LogP contribution in [-0.4, -0.2) is 44.1 Å². The predicted molar refractivity (Wildman–Crippen MR) is 125 cm³/mol. The van der Waals surface area contributed by atoms with Crippen molar-refractivity contribution < 1.29 is 14.3 Å². The highest BCUT2D eigenvalue weighted by Crippen LogP contribution is 2.50. The predicted octanol–water partition coefficient (Wildman–Crippen LogP) is 3.67. The minimum atomic E-state index is -0.605. The number of ether oxygens (including phenoxy) is 2. The van der Waals surface area contributed by atoms with E-state index in [1.807, 2.05) is 49.4 Å². The molecule has 2 aromatic rings. The van der Waals surface area contributed by atoms with Gasteiger partial charge in [-0.1, -0.05) is 36.4 Å². The number of ketones is 1. The van der Waals surface area contributed by atoms with Gasteiger partial charge in [0.25, 0.3) is 0 Å². The molecule has 0 bridgehead atoms. The second-order valence-electron chi connectivity index (χ2n) is 8.41. The molecule has 7 heteroatoms. The molecular weight excluding hydrogens is 416 g/mol. The van der Waals surface area contributed by atoms with E-state index in [0.717, 1.165) is 16.8 Å². The summed E-state index contributed by atoms with van der Waals surface area (Å²) in [5.41, 5.74) is 10.2. The van der Waals surface area contributed by atoms with E-state index in [9.17, 15) is 10.1 Å². The summed E-state index contributed by atoms with van der Waals surface area (Å²) in [6, 6.07) is 17.7. The van der Waals surface area contributed by atoms with Crippen molar-refractivity contribution in [1.29, 1.82) is 5.26 Å². The number of hydrogen-bond donors (Lipinski definition) is 1. The molecule has 0 aromatic heterocycles. The molecule has 1 heterocycles. The summed E-state index contributed by atoms with van der Waals surface area (Å²) in [6.45, 7) is 0. The van der Waals surface area contributed by atoms with Crippen LogP contribution in [0.15, 0.2) is 71.2 Å². The Morgan fingerprint density at radius 2 is 1.82 bits per heavy atom. The second kappa shape index (κ2) is 9.00. The van der Waals surface area contributed by atoms with E-state index in [1.54, 1.807) is 25.3 Å². The maximum atomic E-state index is 13.7. The Labute approximate surface area is 194 Å². The smallest absolute Gasteiger partial charge is 0.162 e. The Kier molecular flexibility index (Phi) is 6.12. The summed E-state index contributed by atoms with van der Waals surface area (Å²) in [5.74, 6) is 0.944. The molecule has 170 valence electrons. The normalized spacial score (nSPS) is 20.6. The standard InChI is InChI=1S/C26H28N4O3/c1-29(2)30-21-12-17(16-8-6-5-7-9-16)13-22(31)25(21)24(20(15-27)26(30)28)19-11-10-18(32-3)14-23(19)33-4/h5-11,14,17,24H,12-13,28H2,1-4H3/t17-,24+/m0/s1. The third kappa shape index (κ3) is 3.83. The number of methoxy groups -OCH3 is 2. The Hall–Kier alpha value is -3.76. The van der Waals surface area contributed by atoms with Gasteiger partial charge in [-0.25, -0.2) is 5.01 Å². The molecule has 2 aromatic carbocycles. The number of benzene rings is 2. The summed E-state index contributed by atoms with van der Waals surface area (Å²) < 4.78 is 11.0. The van der Waals surface area contributed by atoms with Crippen LogP contribution < -0.4 is 15.2 Å². The highest BCUT2D eigenvalue weighted by atomic mass is 16.5. The lowest BCUT2D eigenvalue weighted by atomic mass is 9.72. The lowest BCUT2D eigenvalue weighted by molar-refractivity contribution is -0.117. The molecule has 0 saturated carbocycles. The number of rotatable bonds is 5. The van der Waals surface area contributed by atoms with Crippen molar-refractivity contribution in [2.24, 2.45) is 5.73 Å². The highest BCUT2D eigenvalue weighted by Gasteiger charge is 2.44. The molecule has 4 rings (SSSR count). The maximum Gasteiger partial charge on any atom is 0.162 e. The van der Waals surface area contributed by atoms with Crippen molar-refractivity contribution in [1.82, 2.24) is 10.0 Å². The van der Waals surface area contributed by atoms with Gasteiger partial charge >= 0.3 is 0 Å². The third-order valence-corrected chi connectivity index (χ3v) is 6.36. The number of nitrogens with two attached hydrogens (primary N) is 1. The van der Waals surface area contributed by atoms with E-state index in [-0.39, 0.29) is 11.7 Å². The van der Waals surface area contributed by atoms with E-state index in [2.05, 4.69) is 18.2 Å². The van der Waals surface area contributed by atoms with Crippen LogP contribution in [0.25, 0.3) is 0 Å². The molecule has 0 spiro atoms. The molecule has 0 fully saturated rings. The number of nitriles is 1. The summed E-state index contributed by atoms with van der Waals surface area (Å²) in [6.07, 6.45) is 1.01. The quantitative estimate of drug-likeness (QED) is 0.752. The lowest BCUT2D eigenvalue weighted by Crippen LogP contribution is -2.46. The molecule has 0 amide bonds. The molecule has 0 radical (unpaired) electrons. The highest BCUT2D eigenvalue weighted by molar-refractivity contribution is 6.00. The van der Waals surface area contributed by atoms with Crippen molar-refractivity contribution in [3.8, 4) is 17.6 Å². The van der Waals surface area contributed by atoms with Gasteiger partial charge in [0.2, 0.25) is 0 Å². The molecule has 0 saturated heterocycles. The Morgan fingerprint density at radius 1 is 1.09 bits per heavy atom. The van der Waals surface area contributed by atoms with Gasteiger partial charge in [0, 0.05) is 43.4 Å². The number of hydrazine groups is 1. The largest absolute Gasteiger partial charge is 0.497 e. The molecule has 33 heavy (non-hydrogen) atoms. The van der Waals surface area contributed by atoms with E-state index in [1.165, 1.54) is 0 Å². The van der Waals surface area contributed by atoms with Crippen LogP contribution in [0.2, 0.25) is 0 Å². The first-order valence-corrected chi connectivity index (χ1v) is 10.8. The number of hydrogen-bond acceptors (Lipinski definition) is 7. The fourth-order valence-electron chi connectivity index (χ4n) is 4.90. The minimum absolute atomic E-state index is 0.0140. The van der Waals surface area contributed by atoms with Crippen LogP contribution in [0.5, 0.6) is 11.5 Å². The number of Topliss-reactive ketones (excluding diaryl/α,β-unsaturated/α-hetero) is 1. The molecule has 2 aliphatic rings. The fraction of sp³-hybridized carbons (Fsp3) is 0.308. The second-order valence-corrected chi connectivity index (χ2v) is 8.41.